The predicted molar refractivity (Wildman–Crippen MR) is 69.8 cm³/mol. The van der Waals surface area contributed by atoms with E-state index in [1.165, 1.54) is 18.4 Å². The van der Waals surface area contributed by atoms with E-state index in [0.717, 1.165) is 18.6 Å². The monoisotopic (exact) mass is 271 g/mol. The fraction of sp³-hybridized carbons (Fsp3) is 0.455. The van der Waals surface area contributed by atoms with Gasteiger partial charge in [-0.1, -0.05) is 0 Å². The summed E-state index contributed by atoms with van der Waals surface area (Å²) in [7, 11) is 1.33. The van der Waals surface area contributed by atoms with Gasteiger partial charge in [0.25, 0.3) is 0 Å². The number of anilines is 1. The lowest BCUT2D eigenvalue weighted by molar-refractivity contribution is -0.115. The van der Waals surface area contributed by atoms with E-state index in [9.17, 15) is 9.59 Å². The summed E-state index contributed by atoms with van der Waals surface area (Å²) in [5.74, 6) is 0.608. The summed E-state index contributed by atoms with van der Waals surface area (Å²) in [6.07, 6.45) is 1.99. The topological polar surface area (TPSA) is 55.4 Å². The molecule has 1 unspecified atom stereocenters. The van der Waals surface area contributed by atoms with Gasteiger partial charge >= 0.3 is 5.97 Å². The van der Waals surface area contributed by atoms with E-state index in [1.54, 1.807) is 23.2 Å². The third-order valence-corrected chi connectivity index (χ3v) is 4.79. The van der Waals surface area contributed by atoms with E-state index in [-0.39, 0.29) is 11.2 Å². The number of hydrogen-bond donors (Lipinski definition) is 1. The number of carbonyl (C=O) groups excluding carboxylic acids is 2. The quantitative estimate of drug-likeness (QED) is 0.858. The third-order valence-electron chi connectivity index (χ3n) is 2.52. The van der Waals surface area contributed by atoms with Gasteiger partial charge in [0.2, 0.25) is 5.91 Å². The Kier molecular flexibility index (Phi) is 4.06. The zero-order valence-corrected chi connectivity index (χ0v) is 11.0. The van der Waals surface area contributed by atoms with Crippen LogP contribution in [0.3, 0.4) is 0 Å². The molecule has 1 N–H and O–H groups in total. The van der Waals surface area contributed by atoms with Gasteiger partial charge < -0.3 is 10.1 Å². The van der Waals surface area contributed by atoms with Crippen molar-refractivity contribution in [3.8, 4) is 0 Å². The molecule has 0 aromatic carbocycles. The number of ether oxygens (including phenoxy) is 1. The molecule has 4 nitrogen and oxygen atoms in total. The normalized spacial score (nSPS) is 19.0. The second-order valence-electron chi connectivity index (χ2n) is 3.65. The number of thiophene rings is 1. The highest BCUT2D eigenvalue weighted by Gasteiger charge is 2.25. The molecule has 1 aliphatic rings. The smallest absolute Gasteiger partial charge is 0.350 e. The second-order valence-corrected chi connectivity index (χ2v) is 5.87. The largest absolute Gasteiger partial charge is 0.465 e. The van der Waals surface area contributed by atoms with E-state index < -0.39 is 5.97 Å². The molecule has 1 fully saturated rings. The Labute approximate surface area is 108 Å². The van der Waals surface area contributed by atoms with Crippen LogP contribution in [0, 0.1) is 0 Å². The zero-order chi connectivity index (χ0) is 12.3. The first-order chi connectivity index (χ1) is 8.22. The van der Waals surface area contributed by atoms with Gasteiger partial charge in [-0.05, 0) is 30.0 Å². The van der Waals surface area contributed by atoms with Crippen LogP contribution in [0.2, 0.25) is 0 Å². The molecule has 0 spiro atoms. The summed E-state index contributed by atoms with van der Waals surface area (Å²) in [5, 5.41) is 4.58. The lowest BCUT2D eigenvalue weighted by Gasteiger charge is -2.09. The van der Waals surface area contributed by atoms with E-state index in [0.29, 0.717) is 10.6 Å². The Morgan fingerprint density at radius 1 is 1.53 bits per heavy atom. The van der Waals surface area contributed by atoms with Gasteiger partial charge in [-0.15, -0.1) is 23.1 Å². The van der Waals surface area contributed by atoms with Crippen molar-refractivity contribution in [3.05, 3.63) is 16.3 Å². The molecule has 1 aromatic heterocycles. The van der Waals surface area contributed by atoms with Crippen LogP contribution in [0.4, 0.5) is 5.69 Å². The Morgan fingerprint density at radius 2 is 2.35 bits per heavy atom. The van der Waals surface area contributed by atoms with Crippen LogP contribution in [0.1, 0.15) is 22.5 Å². The minimum absolute atomic E-state index is 0.0143. The van der Waals surface area contributed by atoms with Gasteiger partial charge in [-0.3, -0.25) is 4.79 Å². The van der Waals surface area contributed by atoms with Crippen LogP contribution in [0.25, 0.3) is 0 Å². The number of esters is 1. The first-order valence-electron chi connectivity index (χ1n) is 5.30. The Morgan fingerprint density at radius 3 is 3.00 bits per heavy atom. The molecule has 17 heavy (non-hydrogen) atoms. The Balaban J connectivity index is 2.05. The summed E-state index contributed by atoms with van der Waals surface area (Å²) in [4.78, 5) is 23.8. The fourth-order valence-corrected chi connectivity index (χ4v) is 3.58. The standard InChI is InChI=1S/C11H13NO3S2/c1-15-11(14)9-7(4-6-17-9)12-10(13)8-3-2-5-16-8/h4,6,8H,2-3,5H2,1H3,(H,12,13). The summed E-state index contributed by atoms with van der Waals surface area (Å²) in [6.45, 7) is 0. The van der Waals surface area contributed by atoms with E-state index in [1.807, 2.05) is 0 Å². The zero-order valence-electron chi connectivity index (χ0n) is 9.39. The summed E-state index contributed by atoms with van der Waals surface area (Å²) in [6, 6.07) is 1.73. The third kappa shape index (κ3) is 2.81. The van der Waals surface area contributed by atoms with E-state index in [2.05, 4.69) is 10.1 Å². The highest BCUT2D eigenvalue weighted by molar-refractivity contribution is 8.00. The maximum Gasteiger partial charge on any atom is 0.350 e. The summed E-state index contributed by atoms with van der Waals surface area (Å²) in [5.41, 5.74) is 0.555. The molecular formula is C11H13NO3S2. The predicted octanol–water partition coefficient (Wildman–Crippen LogP) is 2.37. The number of carbonyl (C=O) groups is 2. The first kappa shape index (κ1) is 12.4. The average molecular weight is 271 g/mol. The van der Waals surface area contributed by atoms with Crippen molar-refractivity contribution in [1.82, 2.24) is 0 Å². The molecule has 0 aliphatic carbocycles. The highest BCUT2D eigenvalue weighted by atomic mass is 32.2. The number of thioether (sulfide) groups is 1. The minimum atomic E-state index is -0.408. The number of nitrogens with one attached hydrogen (secondary N) is 1. The summed E-state index contributed by atoms with van der Waals surface area (Å²) < 4.78 is 4.66. The van der Waals surface area contributed by atoms with Crippen molar-refractivity contribution < 1.29 is 14.3 Å². The molecule has 92 valence electrons. The van der Waals surface area contributed by atoms with Crippen molar-refractivity contribution in [2.75, 3.05) is 18.2 Å². The molecule has 6 heteroatoms. The van der Waals surface area contributed by atoms with Gasteiger partial charge in [-0.25, -0.2) is 4.79 Å². The summed E-state index contributed by atoms with van der Waals surface area (Å²) >= 11 is 2.94. The number of amides is 1. The molecule has 1 aromatic rings. The molecule has 1 aliphatic heterocycles. The van der Waals surface area contributed by atoms with E-state index >= 15 is 0 Å². The van der Waals surface area contributed by atoms with Crippen LogP contribution < -0.4 is 5.32 Å². The Bertz CT molecular complexity index is 424. The molecule has 1 amide bonds. The lowest BCUT2D eigenvalue weighted by Crippen LogP contribution is -2.23. The lowest BCUT2D eigenvalue weighted by atomic mass is 10.2. The van der Waals surface area contributed by atoms with E-state index in [4.69, 9.17) is 0 Å². The van der Waals surface area contributed by atoms with Gasteiger partial charge in [0.1, 0.15) is 4.88 Å². The van der Waals surface area contributed by atoms with Crippen molar-refractivity contribution in [2.45, 2.75) is 18.1 Å². The fourth-order valence-electron chi connectivity index (χ4n) is 1.66. The van der Waals surface area contributed by atoms with Crippen molar-refractivity contribution in [2.24, 2.45) is 0 Å². The van der Waals surface area contributed by atoms with Crippen molar-refractivity contribution >= 4 is 40.7 Å². The van der Waals surface area contributed by atoms with Gasteiger partial charge in [0.15, 0.2) is 0 Å². The van der Waals surface area contributed by atoms with Crippen molar-refractivity contribution in [1.29, 1.82) is 0 Å². The van der Waals surface area contributed by atoms with Gasteiger partial charge in [-0.2, -0.15) is 0 Å². The minimum Gasteiger partial charge on any atom is -0.465 e. The number of rotatable bonds is 3. The van der Waals surface area contributed by atoms with Crippen LogP contribution >= 0.6 is 23.1 Å². The van der Waals surface area contributed by atoms with Gasteiger partial charge in [0.05, 0.1) is 18.0 Å². The maximum atomic E-state index is 11.9. The molecule has 1 saturated heterocycles. The number of methoxy groups -OCH3 is 1. The van der Waals surface area contributed by atoms with Crippen LogP contribution in [-0.4, -0.2) is 30.0 Å². The molecular weight excluding hydrogens is 258 g/mol. The number of hydrogen-bond acceptors (Lipinski definition) is 5. The molecule has 0 saturated carbocycles. The molecule has 0 bridgehead atoms. The first-order valence-corrected chi connectivity index (χ1v) is 7.23. The average Bonchev–Trinajstić information content (AvgIpc) is 2.98. The van der Waals surface area contributed by atoms with Crippen LogP contribution in [0.15, 0.2) is 11.4 Å². The van der Waals surface area contributed by atoms with Crippen molar-refractivity contribution in [3.63, 3.8) is 0 Å². The molecule has 2 rings (SSSR count). The van der Waals surface area contributed by atoms with Crippen LogP contribution in [0.5, 0.6) is 0 Å². The maximum absolute atomic E-state index is 11.9. The highest BCUT2D eigenvalue weighted by Crippen LogP contribution is 2.29. The van der Waals surface area contributed by atoms with Gasteiger partial charge in [0, 0.05) is 0 Å². The SMILES string of the molecule is COC(=O)c1sccc1NC(=O)C1CCCS1. The molecule has 1 atom stereocenters. The molecule has 0 radical (unpaired) electrons. The van der Waals surface area contributed by atoms with Crippen LogP contribution in [-0.2, 0) is 9.53 Å². The Hall–Kier alpha value is -1.01. The second kappa shape index (κ2) is 5.55. The molecule has 2 heterocycles.